The molecular weight excluding hydrogens is 312 g/mol. The van der Waals surface area contributed by atoms with E-state index in [1.807, 2.05) is 0 Å². The molecule has 0 bridgehead atoms. The van der Waals surface area contributed by atoms with Crippen molar-refractivity contribution in [2.45, 2.75) is 122 Å². The lowest BCUT2D eigenvalue weighted by Crippen LogP contribution is -1.95. The number of rotatable bonds is 20. The highest BCUT2D eigenvalue weighted by molar-refractivity contribution is 5.66. The van der Waals surface area contributed by atoms with Gasteiger partial charge in [0.15, 0.2) is 0 Å². The molecule has 0 aliphatic rings. The molecule has 0 aliphatic heterocycles. The first kappa shape index (κ1) is 24.1. The van der Waals surface area contributed by atoms with Gasteiger partial charge in [-0.2, -0.15) is 0 Å². The minimum absolute atomic E-state index is 0.333. The highest BCUT2D eigenvalue weighted by Gasteiger charge is 2.00. The van der Waals surface area contributed by atoms with Gasteiger partial charge in [0, 0.05) is 12.8 Å². The maximum absolute atomic E-state index is 10.4. The van der Waals surface area contributed by atoms with Gasteiger partial charge in [0.05, 0.1) is 0 Å². The molecule has 0 spiro atoms. The summed E-state index contributed by atoms with van der Waals surface area (Å²) in [5.74, 6) is -0.0913. The van der Waals surface area contributed by atoms with Crippen LogP contribution in [0.5, 0.6) is 0 Å². The van der Waals surface area contributed by atoms with Crippen molar-refractivity contribution in [2.24, 2.45) is 5.92 Å². The molecule has 25 heavy (non-hydrogen) atoms. The molecule has 1 unspecified atom stereocenters. The molecule has 3 nitrogen and oxygen atoms in total. The molecule has 0 saturated carbocycles. The second-order valence-corrected chi connectivity index (χ2v) is 7.74. The first-order valence-corrected chi connectivity index (χ1v) is 10.8. The van der Waals surface area contributed by atoms with Crippen molar-refractivity contribution in [1.29, 1.82) is 0 Å². The predicted molar refractivity (Wildman–Crippen MR) is 106 cm³/mol. The molecule has 0 fully saturated rings. The number of carbonyl (C=O) groups excluding carboxylic acids is 1. The van der Waals surface area contributed by atoms with Gasteiger partial charge in [-0.3, -0.25) is 4.79 Å². The van der Waals surface area contributed by atoms with E-state index in [4.69, 9.17) is 5.11 Å². The largest absolute Gasteiger partial charge is 0.481 e. The van der Waals surface area contributed by atoms with Gasteiger partial charge in [-0.25, -0.2) is 0 Å². The molecular formula is C22H42O3. The van der Waals surface area contributed by atoms with E-state index in [1.54, 1.807) is 0 Å². The fraction of sp³-hybridized carbons (Fsp3) is 0.909. The first-order valence-electron chi connectivity index (χ1n) is 10.8. The highest BCUT2D eigenvalue weighted by Crippen LogP contribution is 2.15. The molecule has 148 valence electrons. The van der Waals surface area contributed by atoms with Gasteiger partial charge in [-0.15, -0.1) is 0 Å². The average molecular weight is 355 g/mol. The van der Waals surface area contributed by atoms with E-state index < -0.39 is 5.97 Å². The quantitative estimate of drug-likeness (QED) is 0.190. The summed E-state index contributed by atoms with van der Waals surface area (Å²) in [6, 6.07) is 0. The zero-order chi connectivity index (χ0) is 18.6. The third-order valence-electron chi connectivity index (χ3n) is 5.09. The lowest BCUT2D eigenvalue weighted by molar-refractivity contribution is -0.137. The molecule has 0 aromatic rings. The van der Waals surface area contributed by atoms with Gasteiger partial charge in [0.2, 0.25) is 0 Å². The van der Waals surface area contributed by atoms with Crippen LogP contribution in [-0.2, 0) is 9.59 Å². The smallest absolute Gasteiger partial charge is 0.303 e. The van der Waals surface area contributed by atoms with Crippen LogP contribution in [-0.4, -0.2) is 17.4 Å². The van der Waals surface area contributed by atoms with Crippen molar-refractivity contribution in [1.82, 2.24) is 0 Å². The van der Waals surface area contributed by atoms with E-state index >= 15 is 0 Å². The van der Waals surface area contributed by atoms with Crippen molar-refractivity contribution in [3.63, 3.8) is 0 Å². The van der Waals surface area contributed by atoms with Gasteiger partial charge in [0.1, 0.15) is 6.29 Å². The van der Waals surface area contributed by atoms with Crippen LogP contribution >= 0.6 is 0 Å². The maximum atomic E-state index is 10.4. The van der Waals surface area contributed by atoms with Crippen molar-refractivity contribution < 1.29 is 14.7 Å². The monoisotopic (exact) mass is 354 g/mol. The van der Waals surface area contributed by atoms with Crippen molar-refractivity contribution in [3.8, 4) is 0 Å². The van der Waals surface area contributed by atoms with Gasteiger partial charge in [-0.1, -0.05) is 103 Å². The average Bonchev–Trinajstić information content (AvgIpc) is 2.57. The van der Waals surface area contributed by atoms with Gasteiger partial charge < -0.3 is 9.90 Å². The number of hydrogen-bond acceptors (Lipinski definition) is 2. The van der Waals surface area contributed by atoms with Gasteiger partial charge >= 0.3 is 5.97 Å². The second-order valence-electron chi connectivity index (χ2n) is 7.74. The Morgan fingerprint density at radius 3 is 1.44 bits per heavy atom. The summed E-state index contributed by atoms with van der Waals surface area (Å²) in [4.78, 5) is 20.8. The SMILES string of the molecule is CC(CC=O)CCCCCCCCCCCCCCCCCC(=O)O. The number of aliphatic carboxylic acids is 1. The molecule has 0 heterocycles. The van der Waals surface area contributed by atoms with E-state index in [1.165, 1.54) is 89.9 Å². The van der Waals surface area contributed by atoms with E-state index in [-0.39, 0.29) is 0 Å². The number of aldehydes is 1. The van der Waals surface area contributed by atoms with Crippen LogP contribution in [0.25, 0.3) is 0 Å². The number of carbonyl (C=O) groups is 2. The Balaban J connectivity index is 3.05. The minimum atomic E-state index is -0.663. The lowest BCUT2D eigenvalue weighted by atomic mass is 9.99. The topological polar surface area (TPSA) is 54.4 Å². The molecule has 0 aliphatic carbocycles. The zero-order valence-corrected chi connectivity index (χ0v) is 16.6. The summed E-state index contributed by atoms with van der Waals surface area (Å²) < 4.78 is 0. The third-order valence-corrected chi connectivity index (χ3v) is 5.09. The van der Waals surface area contributed by atoms with Crippen molar-refractivity contribution in [2.75, 3.05) is 0 Å². The lowest BCUT2D eigenvalue weighted by Gasteiger charge is -2.07. The number of unbranched alkanes of at least 4 members (excludes halogenated alkanes) is 14. The van der Waals surface area contributed by atoms with E-state index in [0.29, 0.717) is 12.3 Å². The Hall–Kier alpha value is -0.860. The van der Waals surface area contributed by atoms with Crippen LogP contribution in [0.1, 0.15) is 122 Å². The Morgan fingerprint density at radius 1 is 0.720 bits per heavy atom. The van der Waals surface area contributed by atoms with Crippen molar-refractivity contribution in [3.05, 3.63) is 0 Å². The molecule has 3 heteroatoms. The molecule has 1 atom stereocenters. The molecule has 0 aromatic carbocycles. The first-order chi connectivity index (χ1) is 12.2. The number of hydrogen-bond donors (Lipinski definition) is 1. The zero-order valence-electron chi connectivity index (χ0n) is 16.6. The van der Waals surface area contributed by atoms with Crippen molar-refractivity contribution >= 4 is 12.3 Å². The summed E-state index contributed by atoms with van der Waals surface area (Å²) in [6.45, 7) is 2.17. The number of carboxylic acid groups (broad SMARTS) is 1. The summed E-state index contributed by atoms with van der Waals surface area (Å²) in [5.41, 5.74) is 0. The van der Waals surface area contributed by atoms with E-state index in [9.17, 15) is 9.59 Å². The number of carboxylic acids is 1. The van der Waals surface area contributed by atoms with Gasteiger partial charge in [-0.05, 0) is 12.3 Å². The normalized spacial score (nSPS) is 12.2. The molecule has 1 N–H and O–H groups in total. The van der Waals surface area contributed by atoms with Gasteiger partial charge in [0.25, 0.3) is 0 Å². The van der Waals surface area contributed by atoms with Crippen LogP contribution in [0.4, 0.5) is 0 Å². The molecule has 0 saturated heterocycles. The minimum Gasteiger partial charge on any atom is -0.481 e. The van der Waals surface area contributed by atoms with Crippen LogP contribution in [0, 0.1) is 5.92 Å². The van der Waals surface area contributed by atoms with Crippen LogP contribution in [0.2, 0.25) is 0 Å². The van der Waals surface area contributed by atoms with Crippen LogP contribution < -0.4 is 0 Å². The summed E-state index contributed by atoms with van der Waals surface area (Å²) in [5, 5.41) is 8.56. The highest BCUT2D eigenvalue weighted by atomic mass is 16.4. The molecule has 0 rings (SSSR count). The fourth-order valence-corrected chi connectivity index (χ4v) is 3.35. The summed E-state index contributed by atoms with van der Waals surface area (Å²) >= 11 is 0. The van der Waals surface area contributed by atoms with E-state index in [0.717, 1.165) is 25.5 Å². The Bertz CT molecular complexity index is 302. The maximum Gasteiger partial charge on any atom is 0.303 e. The second kappa shape index (κ2) is 19.5. The molecule has 0 radical (unpaired) electrons. The molecule has 0 aromatic heterocycles. The van der Waals surface area contributed by atoms with Crippen LogP contribution in [0.15, 0.2) is 0 Å². The fourth-order valence-electron chi connectivity index (χ4n) is 3.35. The Labute approximate surface area is 156 Å². The summed E-state index contributed by atoms with van der Waals surface area (Å²) in [6.07, 6.45) is 22.6. The third kappa shape index (κ3) is 21.1. The Morgan fingerprint density at radius 2 is 1.08 bits per heavy atom. The predicted octanol–water partition coefficient (Wildman–Crippen LogP) is 6.93. The molecule has 0 amide bonds. The Kier molecular flexibility index (Phi) is 18.8. The standard InChI is InChI=1S/C22H42O3/c1-21(19-20-23)17-15-13-11-9-7-5-3-2-4-6-8-10-12-14-16-18-22(24)25/h20-21H,2-19H2,1H3,(H,24,25). The summed E-state index contributed by atoms with van der Waals surface area (Å²) in [7, 11) is 0. The van der Waals surface area contributed by atoms with E-state index in [2.05, 4.69) is 6.92 Å². The van der Waals surface area contributed by atoms with Crippen LogP contribution in [0.3, 0.4) is 0 Å².